The molecule has 23 heavy (non-hydrogen) atoms. The minimum atomic E-state index is -0.754. The van der Waals surface area contributed by atoms with Crippen LogP contribution in [0.25, 0.3) is 0 Å². The molecule has 0 amide bonds. The van der Waals surface area contributed by atoms with E-state index in [1.165, 1.54) is 0 Å². The minimum Gasteiger partial charge on any atom is -0.480 e. The van der Waals surface area contributed by atoms with Crippen molar-refractivity contribution < 1.29 is 9.90 Å². The van der Waals surface area contributed by atoms with Gasteiger partial charge in [-0.05, 0) is 55.6 Å². The first-order chi connectivity index (χ1) is 11.2. The molecule has 120 valence electrons. The Kier molecular flexibility index (Phi) is 4.67. The lowest BCUT2D eigenvalue weighted by Crippen LogP contribution is -2.47. The Morgan fingerprint density at radius 3 is 2.70 bits per heavy atom. The lowest BCUT2D eigenvalue weighted by atomic mass is 9.94. The number of carbonyl (C=O) groups is 1. The van der Waals surface area contributed by atoms with Crippen molar-refractivity contribution in [3.8, 4) is 0 Å². The monoisotopic (exact) mass is 311 g/mol. The topological polar surface area (TPSA) is 66.3 Å². The largest absolute Gasteiger partial charge is 0.480 e. The number of likely N-dealkylation sites (tertiary alicyclic amines) is 1. The third kappa shape index (κ3) is 3.40. The fourth-order valence-corrected chi connectivity index (χ4v) is 3.25. The molecule has 0 aliphatic carbocycles. The standard InChI is InChI=1S/C18H21N3O2/c1-13-5-6-15(20-12-13)17(14-7-9-19-10-8-14)21-11-3-2-4-16(21)18(22)23/h5-10,12,16-17H,2-4,11H2,1H3,(H,22,23). The summed E-state index contributed by atoms with van der Waals surface area (Å²) in [5.74, 6) is -0.754. The van der Waals surface area contributed by atoms with Gasteiger partial charge in [-0.1, -0.05) is 12.5 Å². The van der Waals surface area contributed by atoms with Gasteiger partial charge in [0.1, 0.15) is 6.04 Å². The van der Waals surface area contributed by atoms with Crippen LogP contribution in [0.15, 0.2) is 42.9 Å². The van der Waals surface area contributed by atoms with Gasteiger partial charge in [0.05, 0.1) is 11.7 Å². The molecule has 1 N–H and O–H groups in total. The molecule has 0 spiro atoms. The van der Waals surface area contributed by atoms with Crippen LogP contribution in [0.1, 0.15) is 42.1 Å². The highest BCUT2D eigenvalue weighted by atomic mass is 16.4. The molecule has 5 heteroatoms. The Morgan fingerprint density at radius 2 is 2.04 bits per heavy atom. The lowest BCUT2D eigenvalue weighted by molar-refractivity contribution is -0.145. The molecule has 1 fully saturated rings. The number of carboxylic acids is 1. The smallest absolute Gasteiger partial charge is 0.320 e. The first-order valence-corrected chi connectivity index (χ1v) is 7.98. The maximum atomic E-state index is 11.7. The summed E-state index contributed by atoms with van der Waals surface area (Å²) in [6.07, 6.45) is 7.98. The Hall–Kier alpha value is -2.27. The number of hydrogen-bond donors (Lipinski definition) is 1. The summed E-state index contributed by atoms with van der Waals surface area (Å²) >= 11 is 0. The number of aryl methyl sites for hydroxylation is 1. The molecule has 0 bridgehead atoms. The summed E-state index contributed by atoms with van der Waals surface area (Å²) in [7, 11) is 0. The van der Waals surface area contributed by atoms with Crippen molar-refractivity contribution in [1.29, 1.82) is 0 Å². The van der Waals surface area contributed by atoms with Crippen LogP contribution in [0.3, 0.4) is 0 Å². The summed E-state index contributed by atoms with van der Waals surface area (Å²) in [5, 5.41) is 9.62. The number of aliphatic carboxylic acids is 1. The molecule has 5 nitrogen and oxygen atoms in total. The van der Waals surface area contributed by atoms with E-state index in [-0.39, 0.29) is 6.04 Å². The zero-order valence-corrected chi connectivity index (χ0v) is 13.2. The second kappa shape index (κ2) is 6.87. The summed E-state index contributed by atoms with van der Waals surface area (Å²) in [6.45, 7) is 2.76. The lowest BCUT2D eigenvalue weighted by Gasteiger charge is -2.39. The number of rotatable bonds is 4. The molecule has 2 atom stereocenters. The van der Waals surface area contributed by atoms with Crippen LogP contribution in [-0.4, -0.2) is 38.5 Å². The van der Waals surface area contributed by atoms with Crippen LogP contribution < -0.4 is 0 Å². The fourth-order valence-electron chi connectivity index (χ4n) is 3.25. The number of carboxylic acid groups (broad SMARTS) is 1. The van der Waals surface area contributed by atoms with Gasteiger partial charge in [0, 0.05) is 18.6 Å². The molecule has 0 radical (unpaired) electrons. The fraction of sp³-hybridized carbons (Fsp3) is 0.389. The maximum Gasteiger partial charge on any atom is 0.320 e. The number of hydrogen-bond acceptors (Lipinski definition) is 4. The van der Waals surface area contributed by atoms with E-state index in [0.29, 0.717) is 6.42 Å². The van der Waals surface area contributed by atoms with Crippen LogP contribution in [0, 0.1) is 6.92 Å². The summed E-state index contributed by atoms with van der Waals surface area (Å²) < 4.78 is 0. The average Bonchev–Trinajstić information content (AvgIpc) is 2.58. The molecule has 0 aromatic carbocycles. The van der Waals surface area contributed by atoms with Crippen LogP contribution in [0.2, 0.25) is 0 Å². The summed E-state index contributed by atoms with van der Waals surface area (Å²) in [6, 6.07) is 7.29. The van der Waals surface area contributed by atoms with Crippen molar-refractivity contribution in [2.45, 2.75) is 38.3 Å². The van der Waals surface area contributed by atoms with Gasteiger partial charge in [0.15, 0.2) is 0 Å². The van der Waals surface area contributed by atoms with Gasteiger partial charge in [-0.25, -0.2) is 0 Å². The number of pyridine rings is 2. The second-order valence-electron chi connectivity index (χ2n) is 6.03. The van der Waals surface area contributed by atoms with Crippen LogP contribution in [0.4, 0.5) is 0 Å². The number of aromatic nitrogens is 2. The summed E-state index contributed by atoms with van der Waals surface area (Å²) in [4.78, 5) is 22.4. The third-order valence-electron chi connectivity index (χ3n) is 4.40. The van der Waals surface area contributed by atoms with Gasteiger partial charge in [0.2, 0.25) is 0 Å². The highest BCUT2D eigenvalue weighted by Gasteiger charge is 2.35. The zero-order chi connectivity index (χ0) is 16.2. The Bertz CT molecular complexity index is 658. The van der Waals surface area contributed by atoms with Crippen molar-refractivity contribution >= 4 is 5.97 Å². The van der Waals surface area contributed by atoms with Crippen LogP contribution in [-0.2, 0) is 4.79 Å². The van der Waals surface area contributed by atoms with Gasteiger partial charge in [0.25, 0.3) is 0 Å². The van der Waals surface area contributed by atoms with Gasteiger partial charge in [-0.2, -0.15) is 0 Å². The molecule has 1 aliphatic rings. The average molecular weight is 311 g/mol. The number of piperidine rings is 1. The molecule has 3 rings (SSSR count). The van der Waals surface area contributed by atoms with Gasteiger partial charge in [-0.3, -0.25) is 19.7 Å². The highest BCUT2D eigenvalue weighted by molar-refractivity contribution is 5.73. The van der Waals surface area contributed by atoms with Gasteiger partial charge < -0.3 is 5.11 Å². The SMILES string of the molecule is Cc1ccc(C(c2ccncc2)N2CCCCC2C(=O)O)nc1. The molecular weight excluding hydrogens is 290 g/mol. The van der Waals surface area contributed by atoms with Crippen molar-refractivity contribution in [2.75, 3.05) is 6.54 Å². The molecule has 0 saturated carbocycles. The van der Waals surface area contributed by atoms with Crippen LogP contribution >= 0.6 is 0 Å². The zero-order valence-electron chi connectivity index (χ0n) is 13.2. The van der Waals surface area contributed by atoms with Gasteiger partial charge in [-0.15, -0.1) is 0 Å². The van der Waals surface area contributed by atoms with Gasteiger partial charge >= 0.3 is 5.97 Å². The van der Waals surface area contributed by atoms with E-state index < -0.39 is 12.0 Å². The predicted octanol–water partition coefficient (Wildman–Crippen LogP) is 2.81. The van der Waals surface area contributed by atoms with Crippen molar-refractivity contribution in [1.82, 2.24) is 14.9 Å². The van der Waals surface area contributed by atoms with Crippen LogP contribution in [0.5, 0.6) is 0 Å². The Morgan fingerprint density at radius 1 is 1.26 bits per heavy atom. The first-order valence-electron chi connectivity index (χ1n) is 7.98. The Balaban J connectivity index is 2.04. The minimum absolute atomic E-state index is 0.153. The maximum absolute atomic E-state index is 11.7. The Labute approximate surface area is 136 Å². The number of nitrogens with zero attached hydrogens (tertiary/aromatic N) is 3. The first kappa shape index (κ1) is 15.6. The molecule has 1 saturated heterocycles. The predicted molar refractivity (Wildman–Crippen MR) is 87.0 cm³/mol. The highest BCUT2D eigenvalue weighted by Crippen LogP contribution is 2.33. The van der Waals surface area contributed by atoms with E-state index in [1.807, 2.05) is 37.4 Å². The van der Waals surface area contributed by atoms with E-state index in [4.69, 9.17) is 0 Å². The normalized spacial score (nSPS) is 20.1. The van der Waals surface area contributed by atoms with E-state index in [9.17, 15) is 9.90 Å². The van der Waals surface area contributed by atoms with E-state index in [0.717, 1.165) is 36.2 Å². The van der Waals surface area contributed by atoms with E-state index >= 15 is 0 Å². The van der Waals surface area contributed by atoms with Crippen molar-refractivity contribution in [2.24, 2.45) is 0 Å². The molecule has 2 aromatic heterocycles. The van der Waals surface area contributed by atoms with E-state index in [2.05, 4.69) is 14.9 Å². The second-order valence-corrected chi connectivity index (χ2v) is 6.03. The molecule has 2 unspecified atom stereocenters. The third-order valence-corrected chi connectivity index (χ3v) is 4.40. The molecule has 2 aromatic rings. The van der Waals surface area contributed by atoms with E-state index in [1.54, 1.807) is 12.4 Å². The summed E-state index contributed by atoms with van der Waals surface area (Å²) in [5.41, 5.74) is 3.01. The molecule has 1 aliphatic heterocycles. The van der Waals surface area contributed by atoms with Crippen molar-refractivity contribution in [3.63, 3.8) is 0 Å². The quantitative estimate of drug-likeness (QED) is 0.940. The molecular formula is C18H21N3O2. The molecule has 3 heterocycles. The van der Waals surface area contributed by atoms with Crippen molar-refractivity contribution in [3.05, 3.63) is 59.7 Å².